The van der Waals surface area contributed by atoms with Crippen molar-refractivity contribution in [1.29, 1.82) is 0 Å². The van der Waals surface area contributed by atoms with Crippen LogP contribution in [0.5, 0.6) is 5.75 Å². The number of hydrogen-bond acceptors (Lipinski definition) is 3. The molecule has 0 radical (unpaired) electrons. The third-order valence-corrected chi connectivity index (χ3v) is 4.25. The number of aryl methyl sites for hydroxylation is 1. The van der Waals surface area contributed by atoms with Crippen LogP contribution >= 0.6 is 27.7 Å². The van der Waals surface area contributed by atoms with Crippen LogP contribution in [0, 0.1) is 6.92 Å². The van der Waals surface area contributed by atoms with Crippen molar-refractivity contribution in [2.45, 2.75) is 19.9 Å². The van der Waals surface area contributed by atoms with Crippen molar-refractivity contribution in [3.8, 4) is 17.0 Å². The van der Waals surface area contributed by atoms with Crippen LogP contribution in [0.1, 0.15) is 5.56 Å². The number of rotatable bonds is 6. The average Bonchev–Trinajstić information content (AvgIpc) is 2.50. The number of pyridine rings is 1. The summed E-state index contributed by atoms with van der Waals surface area (Å²) in [7, 11) is 0. The molecular weight excluding hydrogens is 388 g/mol. The first kappa shape index (κ1) is 18.0. The van der Waals surface area contributed by atoms with E-state index in [0.717, 1.165) is 4.57 Å². The van der Waals surface area contributed by atoms with E-state index < -0.39 is 18.5 Å². The molecule has 1 heterocycles. The van der Waals surface area contributed by atoms with Gasteiger partial charge in [0.1, 0.15) is 11.7 Å². The Balaban J connectivity index is 2.49. The highest BCUT2D eigenvalue weighted by atomic mass is 79.9. The van der Waals surface area contributed by atoms with Crippen molar-refractivity contribution >= 4 is 27.7 Å². The van der Waals surface area contributed by atoms with Gasteiger partial charge in [-0.3, -0.25) is 4.79 Å². The third-order valence-electron chi connectivity index (χ3n) is 3.25. The Bertz CT molecular complexity index is 749. The number of halogens is 3. The number of benzene rings is 1. The molecule has 0 aliphatic carbocycles. The van der Waals surface area contributed by atoms with Crippen LogP contribution in [-0.4, -0.2) is 23.2 Å². The molecule has 0 spiro atoms. The third kappa shape index (κ3) is 4.35. The number of aromatic nitrogens is 1. The molecule has 0 fully saturated rings. The Labute approximate surface area is 145 Å². The molecule has 0 unspecified atom stereocenters. The summed E-state index contributed by atoms with van der Waals surface area (Å²) >= 11 is 4.98. The van der Waals surface area contributed by atoms with Crippen molar-refractivity contribution in [3.05, 3.63) is 50.7 Å². The minimum absolute atomic E-state index is 0.405. The Morgan fingerprint density at radius 2 is 2.04 bits per heavy atom. The molecule has 0 aliphatic heterocycles. The molecular formula is C16H16BrF2NO2S. The van der Waals surface area contributed by atoms with E-state index in [0.29, 0.717) is 33.0 Å². The summed E-state index contributed by atoms with van der Waals surface area (Å²) in [5, 5.41) is 0. The second-order valence-corrected chi connectivity index (χ2v) is 6.57. The van der Waals surface area contributed by atoms with Crippen LogP contribution in [0.4, 0.5) is 8.78 Å². The minimum Gasteiger partial charge on any atom is -0.483 e. The number of nitrogens with zero attached hydrogens (tertiary/aromatic N) is 1. The van der Waals surface area contributed by atoms with Crippen molar-refractivity contribution in [3.63, 3.8) is 0 Å². The second-order valence-electron chi connectivity index (χ2n) is 4.90. The number of ether oxygens (including phenoxy) is 1. The second kappa shape index (κ2) is 7.97. The molecule has 0 saturated heterocycles. The summed E-state index contributed by atoms with van der Waals surface area (Å²) < 4.78 is 33.0. The zero-order valence-corrected chi connectivity index (χ0v) is 15.1. The zero-order chi connectivity index (χ0) is 17.0. The molecule has 23 heavy (non-hydrogen) atoms. The molecule has 1 aromatic heterocycles. The van der Waals surface area contributed by atoms with Crippen LogP contribution in [0.25, 0.3) is 11.3 Å². The first-order chi connectivity index (χ1) is 10.9. The smallest absolute Gasteiger partial charge is 0.256 e. The van der Waals surface area contributed by atoms with Gasteiger partial charge in [-0.05, 0) is 53.4 Å². The first-order valence-electron chi connectivity index (χ1n) is 6.84. The number of alkyl halides is 2. The van der Waals surface area contributed by atoms with E-state index >= 15 is 0 Å². The van der Waals surface area contributed by atoms with Gasteiger partial charge in [-0.2, -0.15) is 0 Å². The van der Waals surface area contributed by atoms with E-state index in [1.165, 1.54) is 0 Å². The highest BCUT2D eigenvalue weighted by Gasteiger charge is 2.15. The van der Waals surface area contributed by atoms with E-state index in [9.17, 15) is 13.6 Å². The monoisotopic (exact) mass is 403 g/mol. The lowest BCUT2D eigenvalue weighted by Crippen LogP contribution is -2.26. The summed E-state index contributed by atoms with van der Waals surface area (Å²) in [6.45, 7) is 0.982. The van der Waals surface area contributed by atoms with Crippen LogP contribution in [0.2, 0.25) is 0 Å². The number of thioether (sulfide) groups is 1. The predicted octanol–water partition coefficient (Wildman–Crippen LogP) is 4.55. The highest BCUT2D eigenvalue weighted by Crippen LogP contribution is 2.31. The number of hydrogen-bond donors (Lipinski definition) is 0. The molecule has 124 valence electrons. The molecule has 2 aromatic rings. The Morgan fingerprint density at radius 1 is 1.30 bits per heavy atom. The van der Waals surface area contributed by atoms with Gasteiger partial charge >= 0.3 is 0 Å². The van der Waals surface area contributed by atoms with Crippen molar-refractivity contribution in [2.75, 3.05) is 12.2 Å². The van der Waals surface area contributed by atoms with Gasteiger partial charge in [-0.15, -0.1) is 11.8 Å². The quantitative estimate of drug-likeness (QED) is 0.662. The molecule has 7 heteroatoms. The maximum atomic E-state index is 12.8. The first-order valence-corrected chi connectivity index (χ1v) is 9.03. The van der Waals surface area contributed by atoms with Crippen molar-refractivity contribution < 1.29 is 13.5 Å². The van der Waals surface area contributed by atoms with Crippen LogP contribution in [0.3, 0.4) is 0 Å². The van der Waals surface area contributed by atoms with E-state index in [1.54, 1.807) is 49.0 Å². The lowest BCUT2D eigenvalue weighted by atomic mass is 10.1. The van der Waals surface area contributed by atoms with Gasteiger partial charge in [0.2, 0.25) is 0 Å². The van der Waals surface area contributed by atoms with Gasteiger partial charge in [-0.25, -0.2) is 8.78 Å². The van der Waals surface area contributed by atoms with Gasteiger partial charge in [0.25, 0.3) is 12.0 Å². The summed E-state index contributed by atoms with van der Waals surface area (Å²) in [5.41, 5.74) is 1.14. The standard InChI is InChI=1S/C16H16BrF2NO2S/c1-10-3-6-14(20(16(10)21)8-15(18)19)12-5-4-11(7-13(12)17)22-9-23-2/h3-7,15H,8-9H2,1-2H3. The van der Waals surface area contributed by atoms with Crippen molar-refractivity contribution in [1.82, 2.24) is 4.57 Å². The lowest BCUT2D eigenvalue weighted by molar-refractivity contribution is 0.126. The molecule has 0 atom stereocenters. The van der Waals surface area contributed by atoms with E-state index in [4.69, 9.17) is 4.74 Å². The van der Waals surface area contributed by atoms with Crippen molar-refractivity contribution in [2.24, 2.45) is 0 Å². The minimum atomic E-state index is -2.60. The Morgan fingerprint density at radius 3 is 2.65 bits per heavy atom. The van der Waals surface area contributed by atoms with Gasteiger partial charge in [0, 0.05) is 15.6 Å². The van der Waals surface area contributed by atoms with E-state index in [1.807, 2.05) is 6.26 Å². The average molecular weight is 404 g/mol. The molecule has 0 amide bonds. The normalized spacial score (nSPS) is 11.0. The lowest BCUT2D eigenvalue weighted by Gasteiger charge is -2.15. The van der Waals surface area contributed by atoms with Gasteiger partial charge < -0.3 is 9.30 Å². The summed E-state index contributed by atoms with van der Waals surface area (Å²) in [4.78, 5) is 12.2. The van der Waals surface area contributed by atoms with Crippen LogP contribution < -0.4 is 10.3 Å². The molecule has 0 N–H and O–H groups in total. The molecule has 2 rings (SSSR count). The zero-order valence-electron chi connectivity index (χ0n) is 12.7. The fraction of sp³-hybridized carbons (Fsp3) is 0.312. The van der Waals surface area contributed by atoms with Gasteiger partial charge in [0.15, 0.2) is 0 Å². The topological polar surface area (TPSA) is 31.2 Å². The fourth-order valence-corrected chi connectivity index (χ4v) is 2.98. The molecule has 3 nitrogen and oxygen atoms in total. The fourth-order valence-electron chi connectivity index (χ4n) is 2.16. The molecule has 0 bridgehead atoms. The molecule has 1 aromatic carbocycles. The van der Waals surface area contributed by atoms with Crippen LogP contribution in [-0.2, 0) is 6.54 Å². The largest absolute Gasteiger partial charge is 0.483 e. The summed E-state index contributed by atoms with van der Waals surface area (Å²) in [6.07, 6.45) is -0.671. The van der Waals surface area contributed by atoms with Crippen LogP contribution in [0.15, 0.2) is 39.6 Å². The maximum Gasteiger partial charge on any atom is 0.256 e. The maximum absolute atomic E-state index is 12.8. The van der Waals surface area contributed by atoms with E-state index in [2.05, 4.69) is 15.9 Å². The summed E-state index contributed by atoms with van der Waals surface area (Å²) in [6, 6.07) is 8.60. The molecule has 0 saturated carbocycles. The Kier molecular flexibility index (Phi) is 6.24. The van der Waals surface area contributed by atoms with Gasteiger partial charge in [0.05, 0.1) is 12.2 Å². The van der Waals surface area contributed by atoms with E-state index in [-0.39, 0.29) is 0 Å². The SMILES string of the molecule is CSCOc1ccc(-c2ccc(C)c(=O)n2CC(F)F)c(Br)c1. The highest BCUT2D eigenvalue weighted by molar-refractivity contribution is 9.10. The Hall–Kier alpha value is -1.34. The molecule has 0 aliphatic rings. The predicted molar refractivity (Wildman–Crippen MR) is 93.6 cm³/mol. The van der Waals surface area contributed by atoms with Gasteiger partial charge in [-0.1, -0.05) is 6.07 Å². The summed E-state index contributed by atoms with van der Waals surface area (Å²) in [5.74, 6) is 1.19.